The Kier molecular flexibility index (Phi) is 6.23. The number of nitrogens with zero attached hydrogens (tertiary/aromatic N) is 2. The van der Waals surface area contributed by atoms with E-state index in [1.54, 1.807) is 0 Å². The van der Waals surface area contributed by atoms with Gasteiger partial charge in [0.25, 0.3) is 0 Å². The molecule has 1 heterocycles. The molecule has 0 N–H and O–H groups in total. The minimum Gasteiger partial charge on any atom is -0.309 e. The van der Waals surface area contributed by atoms with E-state index in [9.17, 15) is 5.26 Å². The molecule has 0 atom stereocenters. The highest BCUT2D eigenvalue weighted by molar-refractivity contribution is 6.11. The Labute approximate surface area is 314 Å². The molecule has 4 fully saturated rings. The molecule has 54 heavy (non-hydrogen) atoms. The molecule has 2 nitrogen and oxygen atoms in total. The van der Waals surface area contributed by atoms with E-state index in [0.29, 0.717) is 23.0 Å². The van der Waals surface area contributed by atoms with Crippen LogP contribution in [0.25, 0.3) is 71.6 Å². The summed E-state index contributed by atoms with van der Waals surface area (Å²) < 4.78 is 19.2. The number of hydrogen-bond acceptors (Lipinski definition) is 1. The fraction of sp³-hybridized carbons (Fsp3) is 0.196. The molecule has 0 amide bonds. The summed E-state index contributed by atoms with van der Waals surface area (Å²) in [5, 5.41) is 14.4. The molecule has 5 aliphatic rings. The van der Waals surface area contributed by atoms with Crippen LogP contribution in [0.5, 0.6) is 0 Å². The third kappa shape index (κ3) is 4.04. The van der Waals surface area contributed by atoms with E-state index >= 15 is 4.39 Å². The fourth-order valence-corrected chi connectivity index (χ4v) is 12.2. The second-order valence-electron chi connectivity index (χ2n) is 16.6. The molecule has 7 aromatic carbocycles. The van der Waals surface area contributed by atoms with Gasteiger partial charge < -0.3 is 4.57 Å². The summed E-state index contributed by atoms with van der Waals surface area (Å²) in [6.07, 6.45) is 6.52. The second kappa shape index (κ2) is 11.0. The third-order valence-corrected chi connectivity index (χ3v) is 14.1. The average Bonchev–Trinajstić information content (AvgIpc) is 3.68. The summed E-state index contributed by atoms with van der Waals surface area (Å²) in [6.45, 7) is 0. The Hall–Kier alpha value is -5.98. The lowest BCUT2D eigenvalue weighted by molar-refractivity contribution is -0.0400. The van der Waals surface area contributed by atoms with Gasteiger partial charge in [0, 0.05) is 27.4 Å². The highest BCUT2D eigenvalue weighted by atomic mass is 19.1. The van der Waals surface area contributed by atoms with Gasteiger partial charge in [-0.3, -0.25) is 0 Å². The molecule has 1 spiro atoms. The molecule has 1 aromatic heterocycles. The van der Waals surface area contributed by atoms with Gasteiger partial charge in [-0.25, -0.2) is 4.39 Å². The summed E-state index contributed by atoms with van der Waals surface area (Å²) in [5.74, 6) is 2.75. The van der Waals surface area contributed by atoms with Crippen molar-refractivity contribution in [1.82, 2.24) is 4.57 Å². The van der Waals surface area contributed by atoms with Crippen LogP contribution in [0.3, 0.4) is 0 Å². The number of halogens is 1. The number of aromatic nitrogens is 1. The van der Waals surface area contributed by atoms with Crippen molar-refractivity contribution in [1.29, 1.82) is 5.26 Å². The minimum absolute atomic E-state index is 0.0607. The van der Waals surface area contributed by atoms with Gasteiger partial charge in [-0.1, -0.05) is 91.0 Å². The SMILES string of the molecule is N#Cc1ccc2c3cc(-c4cc5c(cc4F)C4(c6ccccc6-5)C5CC6CC(C5)CC4C6)ccc3n(-c3ccc4cccc(-c5ccccc5)c4c3)c2c1. The number of rotatable bonds is 3. The molecule has 13 rings (SSSR count). The summed E-state index contributed by atoms with van der Waals surface area (Å²) in [5.41, 5.74) is 12.7. The van der Waals surface area contributed by atoms with Crippen molar-refractivity contribution in [3.8, 4) is 45.1 Å². The Bertz CT molecular complexity index is 2900. The normalized spacial score (nSPS) is 23.3. The molecule has 258 valence electrons. The predicted molar refractivity (Wildman–Crippen MR) is 217 cm³/mol. The van der Waals surface area contributed by atoms with Crippen LogP contribution in [0.1, 0.15) is 48.8 Å². The largest absolute Gasteiger partial charge is 0.309 e. The topological polar surface area (TPSA) is 28.7 Å². The zero-order valence-corrected chi connectivity index (χ0v) is 29.9. The third-order valence-electron chi connectivity index (χ3n) is 14.1. The van der Waals surface area contributed by atoms with E-state index in [2.05, 4.69) is 126 Å². The Morgan fingerprint density at radius 3 is 2.13 bits per heavy atom. The smallest absolute Gasteiger partial charge is 0.131 e. The van der Waals surface area contributed by atoms with Crippen molar-refractivity contribution in [2.45, 2.75) is 37.5 Å². The number of hydrogen-bond donors (Lipinski definition) is 0. The van der Waals surface area contributed by atoms with Crippen molar-refractivity contribution in [3.63, 3.8) is 0 Å². The van der Waals surface area contributed by atoms with Crippen LogP contribution < -0.4 is 0 Å². The predicted octanol–water partition coefficient (Wildman–Crippen LogP) is 13.0. The molecular formula is C51H37FN2. The lowest BCUT2D eigenvalue weighted by Gasteiger charge is -2.61. The monoisotopic (exact) mass is 696 g/mol. The summed E-state index contributed by atoms with van der Waals surface area (Å²) in [6, 6.07) is 51.4. The van der Waals surface area contributed by atoms with Crippen molar-refractivity contribution >= 4 is 32.6 Å². The van der Waals surface area contributed by atoms with Crippen LogP contribution in [-0.4, -0.2) is 4.57 Å². The molecule has 0 saturated heterocycles. The van der Waals surface area contributed by atoms with Crippen LogP contribution in [0.15, 0.2) is 140 Å². The number of fused-ring (bicyclic) bond motifs is 7. The van der Waals surface area contributed by atoms with Crippen molar-refractivity contribution in [2.75, 3.05) is 0 Å². The zero-order valence-electron chi connectivity index (χ0n) is 29.9. The van der Waals surface area contributed by atoms with Crippen molar-refractivity contribution in [2.24, 2.45) is 23.7 Å². The standard InChI is InChI=1S/C51H37FN2/c52-48-28-47-44(40-10-4-5-12-46(40)51(47)36-20-31-19-32(22-36)23-37(51)21-31)27-43(48)35-15-18-49-45(25-35)41-17-13-30(29-53)24-50(41)54(49)38-16-14-34-9-6-11-39(42(34)26-38)33-7-2-1-3-8-33/h1-18,24-28,31-32,36-37H,19-23H2. The van der Waals surface area contributed by atoms with Crippen LogP contribution in [-0.2, 0) is 5.41 Å². The van der Waals surface area contributed by atoms with Crippen molar-refractivity contribution in [3.05, 3.63) is 162 Å². The first-order valence-corrected chi connectivity index (χ1v) is 19.6. The van der Waals surface area contributed by atoms with Crippen LogP contribution in [0.4, 0.5) is 4.39 Å². The lowest BCUT2D eigenvalue weighted by Crippen LogP contribution is -2.55. The van der Waals surface area contributed by atoms with Gasteiger partial charge >= 0.3 is 0 Å². The molecule has 0 unspecified atom stereocenters. The highest BCUT2D eigenvalue weighted by Gasteiger charge is 2.61. The molecule has 5 aliphatic carbocycles. The number of benzene rings is 7. The van der Waals surface area contributed by atoms with Gasteiger partial charge in [0.05, 0.1) is 22.7 Å². The van der Waals surface area contributed by atoms with Crippen LogP contribution in [0.2, 0.25) is 0 Å². The van der Waals surface area contributed by atoms with E-state index in [4.69, 9.17) is 0 Å². The molecular weight excluding hydrogens is 660 g/mol. The van der Waals surface area contributed by atoms with Gasteiger partial charge in [0.1, 0.15) is 5.82 Å². The molecule has 4 bridgehead atoms. The highest BCUT2D eigenvalue weighted by Crippen LogP contribution is 2.69. The molecule has 0 radical (unpaired) electrons. The molecule has 0 aliphatic heterocycles. The van der Waals surface area contributed by atoms with E-state index in [-0.39, 0.29) is 11.2 Å². The maximum absolute atomic E-state index is 16.9. The maximum atomic E-state index is 16.9. The minimum atomic E-state index is -0.132. The lowest BCUT2D eigenvalue weighted by atomic mass is 9.43. The van der Waals surface area contributed by atoms with Crippen LogP contribution >= 0.6 is 0 Å². The first kappa shape index (κ1) is 30.5. The van der Waals surface area contributed by atoms with Gasteiger partial charge in [0.15, 0.2) is 0 Å². The first-order valence-electron chi connectivity index (χ1n) is 19.6. The fourth-order valence-electron chi connectivity index (χ4n) is 12.2. The summed E-state index contributed by atoms with van der Waals surface area (Å²) in [7, 11) is 0. The zero-order chi connectivity index (χ0) is 35.7. The van der Waals surface area contributed by atoms with Gasteiger partial charge in [0.2, 0.25) is 0 Å². The van der Waals surface area contributed by atoms with Crippen LogP contribution in [0, 0.1) is 40.8 Å². The summed E-state index contributed by atoms with van der Waals surface area (Å²) in [4.78, 5) is 0. The Balaban J connectivity index is 1.05. The molecule has 8 aromatic rings. The van der Waals surface area contributed by atoms with Gasteiger partial charge in [-0.2, -0.15) is 5.26 Å². The van der Waals surface area contributed by atoms with Gasteiger partial charge in [-0.05, 0) is 154 Å². The quantitative estimate of drug-likeness (QED) is 0.181. The molecule has 4 saturated carbocycles. The summed E-state index contributed by atoms with van der Waals surface area (Å²) >= 11 is 0. The van der Waals surface area contributed by atoms with Gasteiger partial charge in [-0.15, -0.1) is 0 Å². The number of nitriles is 1. The average molecular weight is 697 g/mol. The van der Waals surface area contributed by atoms with E-state index < -0.39 is 0 Å². The van der Waals surface area contributed by atoms with Crippen molar-refractivity contribution < 1.29 is 4.39 Å². The second-order valence-corrected chi connectivity index (χ2v) is 16.6. The Morgan fingerprint density at radius 2 is 1.31 bits per heavy atom. The van der Waals surface area contributed by atoms with E-state index in [1.165, 1.54) is 76.3 Å². The molecule has 3 heteroatoms. The Morgan fingerprint density at radius 1 is 0.537 bits per heavy atom. The van der Waals surface area contributed by atoms with E-state index in [0.717, 1.165) is 44.9 Å². The first-order chi connectivity index (χ1) is 26.6. The van der Waals surface area contributed by atoms with E-state index in [1.807, 2.05) is 24.3 Å². The maximum Gasteiger partial charge on any atom is 0.131 e.